The Morgan fingerprint density at radius 3 is 2.09 bits per heavy atom. The van der Waals surface area contributed by atoms with Gasteiger partial charge in [-0.15, -0.1) is 0 Å². The Kier molecular flexibility index (Phi) is 11.7. The number of carbonyl (C=O) groups is 1. The molecule has 0 saturated carbocycles. The molecule has 0 spiro atoms. The molecule has 190 valence electrons. The fourth-order valence-electron chi connectivity index (χ4n) is 2.65. The maximum atomic E-state index is 12.8. The standard InChI is InChI=1S/C22H16Cl6F3NO3/c23-15-10-14(34-9-6-17(25)26)11-16(24)19(15)35-8-1-7-32-21(33)18(20(27)28)12-2-4-13(5-3-12)22(29,30)31/h2-6,10-11H,1,7-9H2,(H,32,33). The van der Waals surface area contributed by atoms with E-state index in [0.29, 0.717) is 12.2 Å². The van der Waals surface area contributed by atoms with Gasteiger partial charge in [-0.1, -0.05) is 81.7 Å². The van der Waals surface area contributed by atoms with Crippen LogP contribution in [0.1, 0.15) is 17.5 Å². The van der Waals surface area contributed by atoms with Gasteiger partial charge >= 0.3 is 6.18 Å². The van der Waals surface area contributed by atoms with Crippen LogP contribution in [0.15, 0.2) is 51.5 Å². The van der Waals surface area contributed by atoms with E-state index in [1.807, 2.05) is 0 Å². The monoisotopic (exact) mass is 609 g/mol. The van der Waals surface area contributed by atoms with E-state index in [4.69, 9.17) is 79.1 Å². The van der Waals surface area contributed by atoms with E-state index in [1.54, 1.807) is 0 Å². The second kappa shape index (κ2) is 13.7. The van der Waals surface area contributed by atoms with Gasteiger partial charge in [0.15, 0.2) is 5.75 Å². The highest BCUT2D eigenvalue weighted by molar-refractivity contribution is 6.61. The van der Waals surface area contributed by atoms with Gasteiger partial charge in [0.1, 0.15) is 21.3 Å². The maximum Gasteiger partial charge on any atom is 0.416 e. The first kappa shape index (κ1) is 29.7. The number of ether oxygens (including phenoxy) is 2. The molecule has 2 aromatic carbocycles. The minimum Gasteiger partial charge on any atom is -0.490 e. The fourth-order valence-corrected chi connectivity index (χ4v) is 3.74. The Bertz CT molecular complexity index is 1070. The van der Waals surface area contributed by atoms with E-state index in [9.17, 15) is 18.0 Å². The predicted octanol–water partition coefficient (Wildman–Crippen LogP) is 8.44. The Hall–Kier alpha value is -1.48. The van der Waals surface area contributed by atoms with Crippen molar-refractivity contribution in [3.8, 4) is 11.5 Å². The highest BCUT2D eigenvalue weighted by Gasteiger charge is 2.30. The number of halogens is 9. The number of alkyl halides is 3. The molecule has 1 N–H and O–H groups in total. The summed E-state index contributed by atoms with van der Waals surface area (Å²) in [5.74, 6) is -0.0496. The molecule has 0 aliphatic heterocycles. The summed E-state index contributed by atoms with van der Waals surface area (Å²) in [6.45, 7) is 0.397. The average Bonchev–Trinajstić information content (AvgIpc) is 2.74. The zero-order valence-corrected chi connectivity index (χ0v) is 22.0. The molecular formula is C22H16Cl6F3NO3. The number of amides is 1. The van der Waals surface area contributed by atoms with Crippen LogP contribution >= 0.6 is 69.6 Å². The lowest BCUT2D eigenvalue weighted by Crippen LogP contribution is -2.26. The van der Waals surface area contributed by atoms with Crippen LogP contribution in [-0.2, 0) is 11.0 Å². The molecule has 2 aromatic rings. The maximum absolute atomic E-state index is 12.8. The number of nitrogens with one attached hydrogen (secondary N) is 1. The average molecular weight is 612 g/mol. The van der Waals surface area contributed by atoms with Crippen LogP contribution in [0.3, 0.4) is 0 Å². The van der Waals surface area contributed by atoms with Crippen molar-refractivity contribution in [1.82, 2.24) is 5.32 Å². The summed E-state index contributed by atoms with van der Waals surface area (Å²) in [6, 6.07) is 6.91. The van der Waals surface area contributed by atoms with Gasteiger partial charge in [0.05, 0.1) is 27.8 Å². The molecule has 1 amide bonds. The summed E-state index contributed by atoms with van der Waals surface area (Å²) in [5.41, 5.74) is -0.886. The lowest BCUT2D eigenvalue weighted by atomic mass is 10.0. The van der Waals surface area contributed by atoms with Gasteiger partial charge in [0, 0.05) is 18.7 Å². The summed E-state index contributed by atoms with van der Waals surface area (Å²) in [5, 5.41) is 3.00. The number of rotatable bonds is 10. The number of hydrogen-bond donors (Lipinski definition) is 1. The van der Waals surface area contributed by atoms with Crippen LogP contribution in [0.2, 0.25) is 10.0 Å². The Morgan fingerprint density at radius 1 is 0.971 bits per heavy atom. The number of carbonyl (C=O) groups excluding carboxylic acids is 1. The van der Waals surface area contributed by atoms with Gasteiger partial charge in [-0.25, -0.2) is 0 Å². The first-order chi connectivity index (χ1) is 16.4. The first-order valence-electron chi connectivity index (χ1n) is 9.67. The van der Waals surface area contributed by atoms with Crippen LogP contribution in [0.25, 0.3) is 5.57 Å². The molecule has 13 heteroatoms. The summed E-state index contributed by atoms with van der Waals surface area (Å²) in [6.07, 6.45) is -2.72. The lowest BCUT2D eigenvalue weighted by Gasteiger charge is -2.13. The minimum atomic E-state index is -4.51. The van der Waals surface area contributed by atoms with E-state index in [0.717, 1.165) is 24.3 Å². The molecule has 0 unspecified atom stereocenters. The first-order valence-corrected chi connectivity index (χ1v) is 11.9. The van der Waals surface area contributed by atoms with Crippen LogP contribution in [0.4, 0.5) is 13.2 Å². The molecule has 35 heavy (non-hydrogen) atoms. The van der Waals surface area contributed by atoms with Crippen molar-refractivity contribution in [2.24, 2.45) is 0 Å². The van der Waals surface area contributed by atoms with Crippen molar-refractivity contribution in [2.75, 3.05) is 19.8 Å². The zero-order chi connectivity index (χ0) is 26.2. The van der Waals surface area contributed by atoms with Crippen molar-refractivity contribution in [1.29, 1.82) is 0 Å². The van der Waals surface area contributed by atoms with Gasteiger partial charge in [-0.3, -0.25) is 4.79 Å². The third kappa shape index (κ3) is 9.48. The molecule has 0 aromatic heterocycles. The van der Waals surface area contributed by atoms with E-state index in [2.05, 4.69) is 5.32 Å². The van der Waals surface area contributed by atoms with E-state index < -0.39 is 17.6 Å². The minimum absolute atomic E-state index is 0.0597. The molecule has 0 fully saturated rings. The Balaban J connectivity index is 1.90. The molecule has 2 rings (SSSR count). The third-order valence-corrected chi connectivity index (χ3v) is 5.48. The third-order valence-electron chi connectivity index (χ3n) is 4.23. The quantitative estimate of drug-likeness (QED) is 0.217. The van der Waals surface area contributed by atoms with Gasteiger partial charge in [0.2, 0.25) is 0 Å². The second-order valence-corrected chi connectivity index (χ2v) is 9.46. The molecule has 0 radical (unpaired) electrons. The van der Waals surface area contributed by atoms with Crippen LogP contribution in [0.5, 0.6) is 11.5 Å². The second-order valence-electron chi connectivity index (χ2n) is 6.69. The summed E-state index contributed by atoms with van der Waals surface area (Å²) in [4.78, 5) is 12.5. The normalized spacial score (nSPS) is 11.0. The van der Waals surface area contributed by atoms with Gasteiger partial charge in [0.25, 0.3) is 5.91 Å². The highest BCUT2D eigenvalue weighted by atomic mass is 35.5. The SMILES string of the molecule is O=C(NCCCOc1c(Cl)cc(OCC=C(Cl)Cl)cc1Cl)C(=C(Cl)Cl)c1ccc(C(F)(F)F)cc1. The number of hydrogen-bond acceptors (Lipinski definition) is 3. The number of benzene rings is 2. The smallest absolute Gasteiger partial charge is 0.416 e. The van der Waals surface area contributed by atoms with Crippen LogP contribution in [0, 0.1) is 0 Å². The lowest BCUT2D eigenvalue weighted by molar-refractivity contribution is -0.137. The molecule has 0 saturated heterocycles. The van der Waals surface area contributed by atoms with Crippen LogP contribution < -0.4 is 14.8 Å². The molecule has 0 aliphatic rings. The van der Waals surface area contributed by atoms with Gasteiger partial charge in [-0.05, 0) is 30.2 Å². The van der Waals surface area contributed by atoms with E-state index >= 15 is 0 Å². The topological polar surface area (TPSA) is 47.6 Å². The Labute approximate surface area is 229 Å². The molecule has 0 aliphatic carbocycles. The summed E-state index contributed by atoms with van der Waals surface area (Å²) in [7, 11) is 0. The van der Waals surface area contributed by atoms with E-state index in [1.165, 1.54) is 18.2 Å². The van der Waals surface area contributed by atoms with Gasteiger partial charge < -0.3 is 14.8 Å². The zero-order valence-electron chi connectivity index (χ0n) is 17.5. The van der Waals surface area contributed by atoms with E-state index in [-0.39, 0.29) is 55.7 Å². The van der Waals surface area contributed by atoms with Gasteiger partial charge in [-0.2, -0.15) is 13.2 Å². The van der Waals surface area contributed by atoms with Crippen molar-refractivity contribution >= 4 is 81.1 Å². The molecule has 0 bridgehead atoms. The molecule has 4 nitrogen and oxygen atoms in total. The van der Waals surface area contributed by atoms with Crippen molar-refractivity contribution in [3.63, 3.8) is 0 Å². The van der Waals surface area contributed by atoms with Crippen molar-refractivity contribution < 1.29 is 27.4 Å². The van der Waals surface area contributed by atoms with Crippen molar-refractivity contribution in [2.45, 2.75) is 12.6 Å². The predicted molar refractivity (Wildman–Crippen MR) is 135 cm³/mol. The molecule has 0 atom stereocenters. The Morgan fingerprint density at radius 2 is 1.57 bits per heavy atom. The fraction of sp³-hybridized carbons (Fsp3) is 0.227. The highest BCUT2D eigenvalue weighted by Crippen LogP contribution is 2.37. The molecule has 0 heterocycles. The molecular weight excluding hydrogens is 596 g/mol. The summed E-state index contributed by atoms with van der Waals surface area (Å²) < 4.78 is 48.9. The summed E-state index contributed by atoms with van der Waals surface area (Å²) >= 11 is 35.0. The van der Waals surface area contributed by atoms with Crippen molar-refractivity contribution in [3.05, 3.63) is 72.6 Å². The van der Waals surface area contributed by atoms with Crippen LogP contribution in [-0.4, -0.2) is 25.7 Å². The largest absolute Gasteiger partial charge is 0.490 e.